The van der Waals surface area contributed by atoms with E-state index >= 15 is 0 Å². The van der Waals surface area contributed by atoms with Crippen molar-refractivity contribution in [2.75, 3.05) is 25.6 Å². The van der Waals surface area contributed by atoms with E-state index in [1.165, 1.54) is 5.56 Å². The number of nitrogens with one attached hydrogen (secondary N) is 2. The van der Waals surface area contributed by atoms with Crippen molar-refractivity contribution in [3.63, 3.8) is 0 Å². The largest absolute Gasteiger partial charge is 0.448 e. The number of hydrogen-bond acceptors (Lipinski definition) is 3. The summed E-state index contributed by atoms with van der Waals surface area (Å²) in [4.78, 5) is 23.1. The predicted molar refractivity (Wildman–Crippen MR) is 87.5 cm³/mol. The Morgan fingerprint density at radius 3 is 2.23 bits per heavy atom. The van der Waals surface area contributed by atoms with Gasteiger partial charge in [0.05, 0.1) is 5.88 Å². The van der Waals surface area contributed by atoms with E-state index in [0.29, 0.717) is 18.7 Å². The Morgan fingerprint density at radius 1 is 1.09 bits per heavy atom. The van der Waals surface area contributed by atoms with Gasteiger partial charge in [0.15, 0.2) is 0 Å². The Morgan fingerprint density at radius 2 is 1.68 bits per heavy atom. The first kappa shape index (κ1) is 18.3. The summed E-state index contributed by atoms with van der Waals surface area (Å²) in [5.74, 6) is 0.0886. The topological polar surface area (TPSA) is 67.4 Å². The highest BCUT2D eigenvalue weighted by Gasteiger charge is 2.14. The molecule has 0 atom stereocenters. The van der Waals surface area contributed by atoms with Gasteiger partial charge >= 0.3 is 6.09 Å². The number of carbonyl (C=O) groups excluding carboxylic acids is 2. The van der Waals surface area contributed by atoms with Crippen LogP contribution in [0.5, 0.6) is 0 Å². The first-order chi connectivity index (χ1) is 10.3. The minimum atomic E-state index is -0.538. The quantitative estimate of drug-likeness (QED) is 0.624. The fourth-order valence-electron chi connectivity index (χ4n) is 1.75. The van der Waals surface area contributed by atoms with E-state index in [1.807, 2.05) is 12.1 Å². The van der Waals surface area contributed by atoms with Gasteiger partial charge in [-0.25, -0.2) is 4.79 Å². The van der Waals surface area contributed by atoms with Crippen LogP contribution in [0.3, 0.4) is 0 Å². The van der Waals surface area contributed by atoms with Crippen molar-refractivity contribution in [2.24, 2.45) is 0 Å². The van der Waals surface area contributed by atoms with Crippen molar-refractivity contribution in [3.8, 4) is 0 Å². The van der Waals surface area contributed by atoms with E-state index in [4.69, 9.17) is 16.3 Å². The molecule has 0 saturated carbocycles. The van der Waals surface area contributed by atoms with Crippen LogP contribution in [0.25, 0.3) is 0 Å². The van der Waals surface area contributed by atoms with E-state index in [1.54, 1.807) is 12.1 Å². The molecule has 0 aliphatic carbocycles. The van der Waals surface area contributed by atoms with Crippen LogP contribution < -0.4 is 10.6 Å². The van der Waals surface area contributed by atoms with Gasteiger partial charge in [0, 0.05) is 18.7 Å². The fraction of sp³-hybridized carbons (Fsp3) is 0.500. The molecule has 0 saturated heterocycles. The summed E-state index contributed by atoms with van der Waals surface area (Å²) in [6.07, 6.45) is -0.538. The molecule has 1 aromatic rings. The molecule has 0 fully saturated rings. The summed E-state index contributed by atoms with van der Waals surface area (Å²) in [7, 11) is 0. The van der Waals surface area contributed by atoms with Crippen molar-refractivity contribution >= 4 is 23.6 Å². The predicted octanol–water partition coefficient (Wildman–Crippen LogP) is 2.68. The lowest BCUT2D eigenvalue weighted by Crippen LogP contribution is -2.35. The van der Waals surface area contributed by atoms with Crippen molar-refractivity contribution in [2.45, 2.75) is 26.2 Å². The van der Waals surface area contributed by atoms with Gasteiger partial charge in [-0.3, -0.25) is 4.79 Å². The van der Waals surface area contributed by atoms with Crippen LogP contribution in [-0.2, 0) is 10.2 Å². The number of benzene rings is 1. The SMILES string of the molecule is CC(C)(C)c1ccc(C(=O)NCCNC(=O)OCCCl)cc1. The molecule has 0 aliphatic rings. The van der Waals surface area contributed by atoms with E-state index in [9.17, 15) is 9.59 Å². The number of amides is 2. The van der Waals surface area contributed by atoms with Crippen LogP contribution in [0, 0.1) is 0 Å². The molecule has 0 bridgehead atoms. The molecule has 0 unspecified atom stereocenters. The van der Waals surface area contributed by atoms with Gasteiger partial charge in [0.1, 0.15) is 6.61 Å². The van der Waals surface area contributed by atoms with E-state index in [2.05, 4.69) is 31.4 Å². The van der Waals surface area contributed by atoms with Gasteiger partial charge < -0.3 is 15.4 Å². The zero-order valence-corrected chi connectivity index (χ0v) is 14.0. The first-order valence-electron chi connectivity index (χ1n) is 7.20. The highest BCUT2D eigenvalue weighted by Crippen LogP contribution is 2.22. The lowest BCUT2D eigenvalue weighted by molar-refractivity contribution is 0.0952. The Kier molecular flexibility index (Phi) is 7.18. The fourth-order valence-corrected chi connectivity index (χ4v) is 1.82. The highest BCUT2D eigenvalue weighted by atomic mass is 35.5. The third-order valence-electron chi connectivity index (χ3n) is 3.00. The lowest BCUT2D eigenvalue weighted by Gasteiger charge is -2.19. The zero-order chi connectivity index (χ0) is 16.6. The summed E-state index contributed by atoms with van der Waals surface area (Å²) in [5, 5.41) is 5.25. The maximum atomic E-state index is 11.9. The third-order valence-corrected chi connectivity index (χ3v) is 3.16. The minimum absolute atomic E-state index is 0.0579. The molecule has 1 rings (SSSR count). The number of hydrogen-bond donors (Lipinski definition) is 2. The van der Waals surface area contributed by atoms with E-state index < -0.39 is 6.09 Å². The summed E-state index contributed by atoms with van der Waals surface area (Å²) in [6.45, 7) is 7.16. The van der Waals surface area contributed by atoms with Crippen LogP contribution >= 0.6 is 11.6 Å². The summed E-state index contributed by atoms with van der Waals surface area (Å²) in [5.41, 5.74) is 1.83. The van der Waals surface area contributed by atoms with Crippen LogP contribution in [-0.4, -0.2) is 37.6 Å². The molecular weight excluding hydrogens is 304 g/mol. The summed E-state index contributed by atoms with van der Waals surface area (Å²) < 4.78 is 4.73. The van der Waals surface area contributed by atoms with Gasteiger partial charge in [-0.1, -0.05) is 32.9 Å². The number of ether oxygens (including phenoxy) is 1. The number of alkyl halides is 1. The molecular formula is C16H23ClN2O3. The molecule has 0 radical (unpaired) electrons. The molecule has 0 aliphatic heterocycles. The maximum Gasteiger partial charge on any atom is 0.407 e. The van der Waals surface area contributed by atoms with Crippen molar-refractivity contribution in [1.82, 2.24) is 10.6 Å². The van der Waals surface area contributed by atoms with Gasteiger partial charge in [-0.05, 0) is 23.1 Å². The summed E-state index contributed by atoms with van der Waals surface area (Å²) >= 11 is 5.39. The Balaban J connectivity index is 2.35. The van der Waals surface area contributed by atoms with Crippen LogP contribution in [0.4, 0.5) is 4.79 Å². The van der Waals surface area contributed by atoms with Crippen LogP contribution in [0.1, 0.15) is 36.7 Å². The van der Waals surface area contributed by atoms with Crippen LogP contribution in [0.15, 0.2) is 24.3 Å². The second kappa shape index (κ2) is 8.63. The molecule has 6 heteroatoms. The first-order valence-corrected chi connectivity index (χ1v) is 7.73. The smallest absolute Gasteiger partial charge is 0.407 e. The second-order valence-corrected chi connectivity index (χ2v) is 6.21. The Labute approximate surface area is 136 Å². The number of alkyl carbamates (subject to hydrolysis) is 1. The van der Waals surface area contributed by atoms with E-state index in [0.717, 1.165) is 0 Å². The monoisotopic (exact) mass is 326 g/mol. The molecule has 5 nitrogen and oxygen atoms in total. The van der Waals surface area contributed by atoms with Gasteiger partial charge in [-0.2, -0.15) is 0 Å². The lowest BCUT2D eigenvalue weighted by atomic mass is 9.87. The molecule has 2 amide bonds. The standard InChI is InChI=1S/C16H23ClN2O3/c1-16(2,3)13-6-4-12(5-7-13)14(20)18-9-10-19-15(21)22-11-8-17/h4-7H,8-11H2,1-3H3,(H,18,20)(H,19,21). The van der Waals surface area contributed by atoms with Gasteiger partial charge in [0.25, 0.3) is 5.91 Å². The minimum Gasteiger partial charge on any atom is -0.448 e. The normalized spacial score (nSPS) is 10.9. The molecule has 1 aromatic carbocycles. The maximum absolute atomic E-state index is 11.9. The highest BCUT2D eigenvalue weighted by molar-refractivity contribution is 6.18. The molecule has 0 heterocycles. The van der Waals surface area contributed by atoms with Gasteiger partial charge in [-0.15, -0.1) is 11.6 Å². The number of carbonyl (C=O) groups is 2. The van der Waals surface area contributed by atoms with Crippen molar-refractivity contribution in [3.05, 3.63) is 35.4 Å². The second-order valence-electron chi connectivity index (χ2n) is 5.83. The Bertz CT molecular complexity index is 495. The number of halogens is 1. The average molecular weight is 327 g/mol. The summed E-state index contributed by atoms with van der Waals surface area (Å²) in [6, 6.07) is 7.52. The molecule has 0 spiro atoms. The average Bonchev–Trinajstić information content (AvgIpc) is 2.48. The molecule has 122 valence electrons. The van der Waals surface area contributed by atoms with Crippen molar-refractivity contribution in [1.29, 1.82) is 0 Å². The van der Waals surface area contributed by atoms with Gasteiger partial charge in [0.2, 0.25) is 0 Å². The molecule has 2 N–H and O–H groups in total. The zero-order valence-electron chi connectivity index (χ0n) is 13.2. The third kappa shape index (κ3) is 6.35. The van der Waals surface area contributed by atoms with Crippen LogP contribution in [0.2, 0.25) is 0 Å². The number of rotatable bonds is 6. The Hall–Kier alpha value is -1.75. The van der Waals surface area contributed by atoms with E-state index in [-0.39, 0.29) is 23.8 Å². The molecule has 22 heavy (non-hydrogen) atoms. The molecule has 0 aromatic heterocycles. The van der Waals surface area contributed by atoms with Crippen molar-refractivity contribution < 1.29 is 14.3 Å².